The zero-order chi connectivity index (χ0) is 7.49. The Labute approximate surface area is 47.7 Å². The Balaban J connectivity index is 4.53. The molecule has 0 bridgehead atoms. The molecule has 0 radical (unpaired) electrons. The van der Waals surface area contributed by atoms with Crippen molar-refractivity contribution >= 4 is 12.0 Å². The number of rotatable bonds is 1. The summed E-state index contributed by atoms with van der Waals surface area (Å²) in [7, 11) is 0. The van der Waals surface area contributed by atoms with Crippen molar-refractivity contribution in [2.45, 2.75) is 6.18 Å². The molecule has 0 saturated heterocycles. The van der Waals surface area contributed by atoms with Gasteiger partial charge in [0.25, 0.3) is 0 Å². The number of nitrogens with zero attached hydrogens (tertiary/aromatic N) is 2. The van der Waals surface area contributed by atoms with Crippen LogP contribution in [0.25, 0.3) is 5.53 Å². The van der Waals surface area contributed by atoms with Gasteiger partial charge in [-0.2, -0.15) is 18.0 Å². The lowest BCUT2D eigenvalue weighted by molar-refractivity contribution is -0.128. The first kappa shape index (κ1) is 7.84. The van der Waals surface area contributed by atoms with E-state index in [9.17, 15) is 18.0 Å². The Morgan fingerprint density at radius 1 is 1.56 bits per heavy atom. The van der Waals surface area contributed by atoms with Gasteiger partial charge in [0, 0.05) is 0 Å². The lowest BCUT2D eigenvalue weighted by Gasteiger charge is -1.91. The summed E-state index contributed by atoms with van der Waals surface area (Å²) in [6.07, 6.45) is -5.42. The number of carbonyl (C=O) groups is 1. The topological polar surface area (TPSA) is 53.5 Å². The molecule has 0 atom stereocenters. The third-order valence-electron chi connectivity index (χ3n) is 0.510. The molecule has 6 heteroatoms. The summed E-state index contributed by atoms with van der Waals surface area (Å²) in [4.78, 5) is 11.1. The van der Waals surface area contributed by atoms with Gasteiger partial charge in [0.05, 0.1) is 0 Å². The molecule has 0 aliphatic heterocycles. The van der Waals surface area contributed by atoms with Crippen LogP contribution in [0, 0.1) is 0 Å². The van der Waals surface area contributed by atoms with E-state index >= 15 is 0 Å². The largest absolute Gasteiger partial charge is 0.498 e. The fraction of sp³-hybridized carbons (Fsp3) is 0.333. The fourth-order valence-electron chi connectivity index (χ4n) is 0.147. The van der Waals surface area contributed by atoms with E-state index in [0.29, 0.717) is 0 Å². The summed E-state index contributed by atoms with van der Waals surface area (Å²) in [5, 5.41) is 0. The molecule has 0 heterocycles. The number of carbonyl (C=O) groups excluding carboxylic acids is 1. The van der Waals surface area contributed by atoms with Gasteiger partial charge in [-0.05, 0) is 0 Å². The quantitative estimate of drug-likeness (QED) is 0.224. The van der Waals surface area contributed by atoms with Crippen LogP contribution in [0.1, 0.15) is 0 Å². The Kier molecular flexibility index (Phi) is 2.10. The van der Waals surface area contributed by atoms with E-state index in [0.717, 1.165) is 0 Å². The van der Waals surface area contributed by atoms with E-state index in [2.05, 4.69) is 0 Å². The lowest BCUT2D eigenvalue weighted by Crippen LogP contribution is -2.24. The molecule has 3 nitrogen and oxygen atoms in total. The number of aldehydes is 1. The minimum absolute atomic E-state index is 0.569. The average Bonchev–Trinajstić information content (AvgIpc) is 1.65. The van der Waals surface area contributed by atoms with Gasteiger partial charge in [0.1, 0.15) is 0 Å². The van der Waals surface area contributed by atoms with Crippen molar-refractivity contribution in [2.24, 2.45) is 0 Å². The van der Waals surface area contributed by atoms with E-state index in [1.54, 1.807) is 4.79 Å². The number of alkyl halides is 3. The fourth-order valence-corrected chi connectivity index (χ4v) is 0.147. The Morgan fingerprint density at radius 3 is 2.00 bits per heavy atom. The monoisotopic (exact) mass is 138 g/mol. The minimum Gasteiger partial charge on any atom is -0.361 e. The van der Waals surface area contributed by atoms with E-state index in [-0.39, 0.29) is 0 Å². The molecule has 0 aromatic heterocycles. The average molecular weight is 138 g/mol. The molecule has 9 heavy (non-hydrogen) atoms. The molecule has 0 aliphatic rings. The highest BCUT2D eigenvalue weighted by molar-refractivity contribution is 6.27. The minimum atomic E-state index is -4.85. The summed E-state index contributed by atoms with van der Waals surface area (Å²) in [5.74, 6) is 0. The van der Waals surface area contributed by atoms with Gasteiger partial charge >= 0.3 is 11.9 Å². The number of hydrogen-bond donors (Lipinski definition) is 0. The van der Waals surface area contributed by atoms with Crippen molar-refractivity contribution in [2.75, 3.05) is 0 Å². The molecule has 0 fully saturated rings. The summed E-state index contributed by atoms with van der Waals surface area (Å²) in [5.41, 5.74) is 5.67. The van der Waals surface area contributed by atoms with Crippen LogP contribution in [0.3, 0.4) is 0 Å². The molecule has 0 rings (SSSR count). The lowest BCUT2D eigenvalue weighted by atomic mass is 10.4. The molecule has 0 aromatic carbocycles. The van der Waals surface area contributed by atoms with Crippen LogP contribution in [0.2, 0.25) is 0 Å². The first-order chi connectivity index (χ1) is 4.02. The molecular weight excluding hydrogens is 137 g/mol. The number of hydrogen-bond acceptors (Lipinski definition) is 1. The van der Waals surface area contributed by atoms with Gasteiger partial charge in [-0.3, -0.25) is 4.79 Å². The van der Waals surface area contributed by atoms with Crippen LogP contribution in [-0.2, 0) is 4.79 Å². The van der Waals surface area contributed by atoms with Gasteiger partial charge in [0.15, 0.2) is 0 Å². The van der Waals surface area contributed by atoms with Crippen LogP contribution in [-0.4, -0.2) is 23.0 Å². The maximum atomic E-state index is 11.2. The molecular formula is C3HF3N2O. The maximum absolute atomic E-state index is 11.2. The zero-order valence-corrected chi connectivity index (χ0v) is 4.01. The molecule has 0 spiro atoms. The highest BCUT2D eigenvalue weighted by Crippen LogP contribution is 2.13. The smallest absolute Gasteiger partial charge is 0.361 e. The highest BCUT2D eigenvalue weighted by Gasteiger charge is 2.43. The Hall–Kier alpha value is -1.16. The predicted octanol–water partition coefficient (Wildman–Crippen LogP) is 0.418. The Morgan fingerprint density at radius 2 is 2.00 bits per heavy atom. The summed E-state index contributed by atoms with van der Waals surface area (Å²) in [6.45, 7) is 0. The van der Waals surface area contributed by atoms with Crippen molar-refractivity contribution in [1.29, 1.82) is 0 Å². The van der Waals surface area contributed by atoms with Crippen LogP contribution in [0.15, 0.2) is 0 Å². The third-order valence-corrected chi connectivity index (χ3v) is 0.510. The molecule has 0 N–H and O–H groups in total. The normalized spacial score (nSPS) is 10.1. The standard InChI is InChI=1S/C3HF3N2O/c4-3(5,6)2(1-9)8-7/h1H. The van der Waals surface area contributed by atoms with E-state index in [4.69, 9.17) is 5.53 Å². The van der Waals surface area contributed by atoms with Gasteiger partial charge < -0.3 is 5.53 Å². The van der Waals surface area contributed by atoms with Gasteiger partial charge in [-0.25, -0.2) is 0 Å². The summed E-state index contributed by atoms with van der Waals surface area (Å²) in [6, 6.07) is 0. The van der Waals surface area contributed by atoms with Crippen molar-refractivity contribution in [3.63, 3.8) is 0 Å². The molecule has 0 unspecified atom stereocenters. The first-order valence-corrected chi connectivity index (χ1v) is 1.76. The third kappa shape index (κ3) is 2.05. The van der Waals surface area contributed by atoms with Crippen LogP contribution >= 0.6 is 0 Å². The molecule has 0 aliphatic carbocycles. The second-order valence-corrected chi connectivity index (χ2v) is 1.10. The second-order valence-electron chi connectivity index (χ2n) is 1.10. The molecule has 0 amide bonds. The molecule has 50 valence electrons. The SMILES string of the molecule is [N-]=[N+]=C(C=O)C(F)(F)F. The van der Waals surface area contributed by atoms with E-state index < -0.39 is 18.2 Å². The van der Waals surface area contributed by atoms with Crippen LogP contribution < -0.4 is 0 Å². The van der Waals surface area contributed by atoms with Crippen LogP contribution in [0.4, 0.5) is 13.2 Å². The van der Waals surface area contributed by atoms with Crippen molar-refractivity contribution < 1.29 is 22.8 Å². The van der Waals surface area contributed by atoms with Gasteiger partial charge in [-0.1, -0.05) is 0 Å². The zero-order valence-electron chi connectivity index (χ0n) is 4.01. The Bertz CT molecular complexity index is 166. The van der Waals surface area contributed by atoms with E-state index in [1.165, 1.54) is 0 Å². The van der Waals surface area contributed by atoms with Gasteiger partial charge in [-0.15, -0.1) is 0 Å². The first-order valence-electron chi connectivity index (χ1n) is 1.76. The van der Waals surface area contributed by atoms with Crippen molar-refractivity contribution in [3.8, 4) is 0 Å². The highest BCUT2D eigenvalue weighted by atomic mass is 19.4. The second kappa shape index (κ2) is 2.41. The van der Waals surface area contributed by atoms with Crippen molar-refractivity contribution in [1.82, 2.24) is 0 Å². The van der Waals surface area contributed by atoms with Gasteiger partial charge in [0.2, 0.25) is 6.29 Å². The predicted molar refractivity (Wildman–Crippen MR) is 20.7 cm³/mol. The maximum Gasteiger partial charge on any atom is 0.498 e. The number of halogens is 3. The molecule has 0 saturated carbocycles. The van der Waals surface area contributed by atoms with Crippen LogP contribution in [0.5, 0.6) is 0 Å². The summed E-state index contributed by atoms with van der Waals surface area (Å²) < 4.78 is 33.6. The molecule has 0 aromatic rings. The summed E-state index contributed by atoms with van der Waals surface area (Å²) >= 11 is 0. The van der Waals surface area contributed by atoms with E-state index in [1.807, 2.05) is 0 Å². The van der Waals surface area contributed by atoms with Crippen molar-refractivity contribution in [3.05, 3.63) is 5.53 Å².